The van der Waals surface area contributed by atoms with Gasteiger partial charge in [-0.25, -0.2) is 13.2 Å². The van der Waals surface area contributed by atoms with Gasteiger partial charge in [-0.05, 0) is 6.42 Å². The SMILES string of the molecule is CCCC[C@H](NS(=O)(=O)c1c[nH]c(=O)[nH]c1=O)C(=O)O. The van der Waals surface area contributed by atoms with E-state index in [4.69, 9.17) is 5.11 Å². The molecule has 0 fully saturated rings. The Morgan fingerprint density at radius 3 is 2.60 bits per heavy atom. The van der Waals surface area contributed by atoms with E-state index in [1.54, 1.807) is 4.98 Å². The molecule has 0 aliphatic rings. The molecule has 0 aliphatic carbocycles. The number of carbonyl (C=O) groups is 1. The van der Waals surface area contributed by atoms with Gasteiger partial charge in [-0.3, -0.25) is 14.6 Å². The molecule has 0 bridgehead atoms. The number of H-pyrrole nitrogens is 2. The summed E-state index contributed by atoms with van der Waals surface area (Å²) in [7, 11) is -4.33. The molecule has 4 N–H and O–H groups in total. The van der Waals surface area contributed by atoms with Crippen LogP contribution in [0.3, 0.4) is 0 Å². The van der Waals surface area contributed by atoms with Crippen molar-refractivity contribution < 1.29 is 18.3 Å². The predicted molar refractivity (Wildman–Crippen MR) is 69.0 cm³/mol. The molecule has 9 nitrogen and oxygen atoms in total. The lowest BCUT2D eigenvalue weighted by Crippen LogP contribution is -2.43. The number of unbranched alkanes of at least 4 members (excludes halogenated alkanes) is 1. The van der Waals surface area contributed by atoms with E-state index in [0.29, 0.717) is 12.8 Å². The lowest BCUT2D eigenvalue weighted by molar-refractivity contribution is -0.139. The van der Waals surface area contributed by atoms with Gasteiger partial charge in [0.1, 0.15) is 6.04 Å². The smallest absolute Gasteiger partial charge is 0.325 e. The van der Waals surface area contributed by atoms with Gasteiger partial charge in [-0.15, -0.1) is 0 Å². The zero-order valence-electron chi connectivity index (χ0n) is 10.7. The molecule has 0 unspecified atom stereocenters. The largest absolute Gasteiger partial charge is 0.480 e. The number of hydrogen-bond donors (Lipinski definition) is 4. The van der Waals surface area contributed by atoms with Crippen LogP contribution in [0.15, 0.2) is 20.7 Å². The molecule has 0 aromatic carbocycles. The van der Waals surface area contributed by atoms with Gasteiger partial charge in [0.15, 0.2) is 4.90 Å². The molecule has 0 saturated carbocycles. The summed E-state index contributed by atoms with van der Waals surface area (Å²) < 4.78 is 25.8. The summed E-state index contributed by atoms with van der Waals surface area (Å²) in [4.78, 5) is 36.2. The van der Waals surface area contributed by atoms with Crippen molar-refractivity contribution in [3.8, 4) is 0 Å². The van der Waals surface area contributed by atoms with Gasteiger partial charge in [0.05, 0.1) is 0 Å². The number of nitrogens with one attached hydrogen (secondary N) is 3. The minimum absolute atomic E-state index is 0.103. The Bertz CT molecular complexity index is 689. The first-order chi connectivity index (χ1) is 9.27. The molecular weight excluding hydrogens is 290 g/mol. The van der Waals surface area contributed by atoms with E-state index in [-0.39, 0.29) is 6.42 Å². The van der Waals surface area contributed by atoms with Crippen LogP contribution in [0.5, 0.6) is 0 Å². The van der Waals surface area contributed by atoms with Crippen LogP contribution in [0, 0.1) is 0 Å². The van der Waals surface area contributed by atoms with Crippen molar-refractivity contribution in [3.05, 3.63) is 27.0 Å². The molecule has 0 amide bonds. The molecule has 1 aromatic heterocycles. The fourth-order valence-corrected chi connectivity index (χ4v) is 2.72. The summed E-state index contributed by atoms with van der Waals surface area (Å²) in [5.74, 6) is -1.33. The van der Waals surface area contributed by atoms with Crippen molar-refractivity contribution >= 4 is 16.0 Å². The molecule has 10 heteroatoms. The lowest BCUT2D eigenvalue weighted by atomic mass is 10.1. The summed E-state index contributed by atoms with van der Waals surface area (Å²) in [5, 5.41) is 8.95. The van der Waals surface area contributed by atoms with Crippen molar-refractivity contribution in [2.75, 3.05) is 0 Å². The maximum atomic E-state index is 11.9. The minimum atomic E-state index is -4.33. The second-order valence-corrected chi connectivity index (χ2v) is 5.77. The van der Waals surface area contributed by atoms with Crippen LogP contribution in [0.25, 0.3) is 0 Å². The summed E-state index contributed by atoms with van der Waals surface area (Å²) >= 11 is 0. The lowest BCUT2D eigenvalue weighted by Gasteiger charge is -2.13. The highest BCUT2D eigenvalue weighted by Crippen LogP contribution is 2.06. The standard InChI is InChI=1S/C10H15N3O6S/c1-2-3-4-6(9(15)16)13-20(18,19)7-5-11-10(17)12-8(7)14/h5-6,13H,2-4H2,1H3,(H,15,16)(H2,11,12,14,17)/t6-/m0/s1. The third kappa shape index (κ3) is 4.03. The molecule has 0 aliphatic heterocycles. The van der Waals surface area contributed by atoms with E-state index >= 15 is 0 Å². The summed E-state index contributed by atoms with van der Waals surface area (Å²) in [6, 6.07) is -1.33. The van der Waals surface area contributed by atoms with Gasteiger partial charge in [0, 0.05) is 6.20 Å². The van der Waals surface area contributed by atoms with Crippen molar-refractivity contribution in [1.29, 1.82) is 0 Å². The second-order valence-electron chi connectivity index (χ2n) is 4.09. The van der Waals surface area contributed by atoms with Gasteiger partial charge in [-0.1, -0.05) is 19.8 Å². The fourth-order valence-electron chi connectivity index (χ4n) is 1.49. The van der Waals surface area contributed by atoms with Crippen LogP contribution in [-0.4, -0.2) is 35.5 Å². The fraction of sp³-hybridized carbons (Fsp3) is 0.500. The Hall–Kier alpha value is -1.94. The van der Waals surface area contributed by atoms with Crippen LogP contribution in [-0.2, 0) is 14.8 Å². The average Bonchev–Trinajstić information content (AvgIpc) is 2.33. The molecule has 1 aromatic rings. The quantitative estimate of drug-likeness (QED) is 0.507. The Morgan fingerprint density at radius 1 is 1.45 bits per heavy atom. The molecule has 0 spiro atoms. The Kier molecular flexibility index (Phi) is 5.22. The highest BCUT2D eigenvalue weighted by molar-refractivity contribution is 7.89. The summed E-state index contributed by atoms with van der Waals surface area (Å²) in [5.41, 5.74) is -1.96. The molecule has 1 heterocycles. The number of hydrogen-bond acceptors (Lipinski definition) is 5. The second kappa shape index (κ2) is 6.48. The number of rotatable bonds is 7. The number of sulfonamides is 1. The van der Waals surface area contributed by atoms with Crippen LogP contribution in [0.4, 0.5) is 0 Å². The van der Waals surface area contributed by atoms with Crippen LogP contribution >= 0.6 is 0 Å². The first-order valence-corrected chi connectivity index (χ1v) is 7.33. The topological polar surface area (TPSA) is 149 Å². The van der Waals surface area contributed by atoms with E-state index in [1.807, 2.05) is 16.6 Å². The zero-order valence-corrected chi connectivity index (χ0v) is 11.5. The zero-order chi connectivity index (χ0) is 15.3. The Labute approximate surface area is 114 Å². The normalized spacial score (nSPS) is 13.1. The first-order valence-electron chi connectivity index (χ1n) is 5.85. The van der Waals surface area contributed by atoms with Gasteiger partial charge in [0.25, 0.3) is 5.56 Å². The van der Waals surface area contributed by atoms with E-state index in [0.717, 1.165) is 6.20 Å². The van der Waals surface area contributed by atoms with Crippen molar-refractivity contribution in [3.63, 3.8) is 0 Å². The van der Waals surface area contributed by atoms with Gasteiger partial charge >= 0.3 is 11.7 Å². The minimum Gasteiger partial charge on any atom is -0.480 e. The van der Waals surface area contributed by atoms with Crippen LogP contribution in [0.2, 0.25) is 0 Å². The highest BCUT2D eigenvalue weighted by Gasteiger charge is 2.27. The Morgan fingerprint density at radius 2 is 2.10 bits per heavy atom. The van der Waals surface area contributed by atoms with E-state index in [1.165, 1.54) is 0 Å². The number of aromatic amines is 2. The predicted octanol–water partition coefficient (Wildman–Crippen LogP) is -1.02. The van der Waals surface area contributed by atoms with Crippen molar-refractivity contribution in [2.24, 2.45) is 0 Å². The summed E-state index contributed by atoms with van der Waals surface area (Å²) in [6.45, 7) is 1.83. The third-order valence-corrected chi connectivity index (χ3v) is 3.99. The van der Waals surface area contributed by atoms with Crippen molar-refractivity contribution in [1.82, 2.24) is 14.7 Å². The first kappa shape index (κ1) is 16.1. The number of aromatic nitrogens is 2. The maximum absolute atomic E-state index is 11.9. The highest BCUT2D eigenvalue weighted by atomic mass is 32.2. The number of carboxylic acid groups (broad SMARTS) is 1. The molecular formula is C10H15N3O6S. The number of carboxylic acids is 1. The van der Waals surface area contributed by atoms with E-state index < -0.39 is 38.2 Å². The van der Waals surface area contributed by atoms with Gasteiger partial charge in [-0.2, -0.15) is 4.72 Å². The van der Waals surface area contributed by atoms with Gasteiger partial charge in [0.2, 0.25) is 10.0 Å². The van der Waals surface area contributed by atoms with Crippen molar-refractivity contribution in [2.45, 2.75) is 37.1 Å². The van der Waals surface area contributed by atoms with Gasteiger partial charge < -0.3 is 10.1 Å². The monoisotopic (exact) mass is 305 g/mol. The maximum Gasteiger partial charge on any atom is 0.325 e. The molecule has 1 atom stereocenters. The molecule has 0 radical (unpaired) electrons. The third-order valence-electron chi connectivity index (χ3n) is 2.52. The average molecular weight is 305 g/mol. The molecule has 1 rings (SSSR count). The molecule has 0 saturated heterocycles. The molecule has 20 heavy (non-hydrogen) atoms. The Balaban J connectivity index is 3.06. The molecule has 112 valence electrons. The van der Waals surface area contributed by atoms with Crippen LogP contribution < -0.4 is 16.0 Å². The number of aliphatic carboxylic acids is 1. The van der Waals surface area contributed by atoms with E-state index in [9.17, 15) is 22.8 Å². The van der Waals surface area contributed by atoms with Crippen LogP contribution in [0.1, 0.15) is 26.2 Å². The van der Waals surface area contributed by atoms with E-state index in [2.05, 4.69) is 0 Å². The summed E-state index contributed by atoms with van der Waals surface area (Å²) in [6.07, 6.45) is 2.04.